The maximum Gasteiger partial charge on any atom is 0.181 e. The monoisotopic (exact) mass is 386 g/mol. The standard InChI is InChI=1S/C25H26N2O2/c1-2-3-4-5-6-9-15-29-25(28)22-14-10-13-21-23(18(16-26)17-27)19-11-7-8-12-20(19)24(21)22/h7-8,10-14,25,28H,2-6,9,15H2,1H3. The second-order valence-corrected chi connectivity index (χ2v) is 7.28. The van der Waals surface area contributed by atoms with Gasteiger partial charge in [-0.2, -0.15) is 10.5 Å². The highest BCUT2D eigenvalue weighted by atomic mass is 16.6. The van der Waals surface area contributed by atoms with Crippen LogP contribution < -0.4 is 0 Å². The zero-order chi connectivity index (χ0) is 20.6. The number of hydrogen-bond acceptors (Lipinski definition) is 4. The van der Waals surface area contributed by atoms with Gasteiger partial charge in [0.1, 0.15) is 17.7 Å². The van der Waals surface area contributed by atoms with E-state index in [0.29, 0.717) is 17.7 Å². The number of unbranched alkanes of at least 4 members (excludes halogenated alkanes) is 5. The molecule has 4 nitrogen and oxygen atoms in total. The van der Waals surface area contributed by atoms with Crippen molar-refractivity contribution in [3.63, 3.8) is 0 Å². The van der Waals surface area contributed by atoms with Gasteiger partial charge in [0.25, 0.3) is 0 Å². The van der Waals surface area contributed by atoms with Gasteiger partial charge in [0, 0.05) is 11.1 Å². The first-order valence-electron chi connectivity index (χ1n) is 10.3. The molecule has 0 spiro atoms. The number of aliphatic hydroxyl groups is 1. The summed E-state index contributed by atoms with van der Waals surface area (Å²) in [5.41, 5.74) is 4.78. The number of ether oxygens (including phenoxy) is 1. The van der Waals surface area contributed by atoms with Gasteiger partial charge in [-0.15, -0.1) is 0 Å². The van der Waals surface area contributed by atoms with Crippen LogP contribution in [0.1, 0.15) is 68.4 Å². The minimum absolute atomic E-state index is 0.0795. The van der Waals surface area contributed by atoms with Gasteiger partial charge in [-0.3, -0.25) is 0 Å². The molecule has 2 aromatic rings. The SMILES string of the molecule is CCCCCCCCOC(O)c1cccc2c1-c1ccccc1C2=C(C#N)C#N. The Morgan fingerprint density at radius 3 is 2.28 bits per heavy atom. The Labute approximate surface area is 172 Å². The van der Waals surface area contributed by atoms with Crippen LogP contribution in [0.4, 0.5) is 0 Å². The highest BCUT2D eigenvalue weighted by Gasteiger charge is 2.30. The van der Waals surface area contributed by atoms with Gasteiger partial charge >= 0.3 is 0 Å². The third-order valence-corrected chi connectivity index (χ3v) is 5.35. The molecule has 0 saturated heterocycles. The maximum atomic E-state index is 10.7. The van der Waals surface area contributed by atoms with Crippen molar-refractivity contribution in [3.8, 4) is 23.3 Å². The van der Waals surface area contributed by atoms with Crippen molar-refractivity contribution in [2.24, 2.45) is 0 Å². The topological polar surface area (TPSA) is 77.0 Å². The van der Waals surface area contributed by atoms with E-state index in [9.17, 15) is 15.6 Å². The molecule has 2 aromatic carbocycles. The molecule has 0 heterocycles. The van der Waals surface area contributed by atoms with Crippen LogP contribution >= 0.6 is 0 Å². The van der Waals surface area contributed by atoms with E-state index in [0.717, 1.165) is 35.1 Å². The van der Waals surface area contributed by atoms with Crippen LogP contribution in [0.3, 0.4) is 0 Å². The van der Waals surface area contributed by atoms with E-state index in [1.165, 1.54) is 25.7 Å². The van der Waals surface area contributed by atoms with Gasteiger partial charge in [0.05, 0.1) is 6.61 Å². The molecular formula is C25H26N2O2. The van der Waals surface area contributed by atoms with Gasteiger partial charge < -0.3 is 9.84 Å². The first-order valence-corrected chi connectivity index (χ1v) is 10.3. The number of benzene rings is 2. The average Bonchev–Trinajstić information content (AvgIpc) is 3.09. The maximum absolute atomic E-state index is 10.7. The van der Waals surface area contributed by atoms with Crippen molar-refractivity contribution in [3.05, 3.63) is 64.7 Å². The fourth-order valence-electron chi connectivity index (χ4n) is 3.92. The Balaban J connectivity index is 1.84. The van der Waals surface area contributed by atoms with Gasteiger partial charge in [-0.1, -0.05) is 81.5 Å². The van der Waals surface area contributed by atoms with Gasteiger partial charge in [-0.25, -0.2) is 0 Å². The summed E-state index contributed by atoms with van der Waals surface area (Å²) >= 11 is 0. The molecule has 0 aromatic heterocycles. The van der Waals surface area contributed by atoms with E-state index >= 15 is 0 Å². The summed E-state index contributed by atoms with van der Waals surface area (Å²) in [4.78, 5) is 0. The molecule has 1 aliphatic rings. The molecule has 4 heteroatoms. The summed E-state index contributed by atoms with van der Waals surface area (Å²) in [7, 11) is 0. The lowest BCUT2D eigenvalue weighted by molar-refractivity contribution is -0.103. The molecule has 148 valence electrons. The molecule has 1 atom stereocenters. The highest BCUT2D eigenvalue weighted by molar-refractivity contribution is 6.04. The number of hydrogen-bond donors (Lipinski definition) is 1. The van der Waals surface area contributed by atoms with E-state index in [-0.39, 0.29) is 5.57 Å². The summed E-state index contributed by atoms with van der Waals surface area (Å²) < 4.78 is 5.73. The fourth-order valence-corrected chi connectivity index (χ4v) is 3.92. The van der Waals surface area contributed by atoms with Crippen molar-refractivity contribution < 1.29 is 9.84 Å². The normalized spacial score (nSPS) is 12.6. The minimum Gasteiger partial charge on any atom is -0.364 e. The van der Waals surface area contributed by atoms with E-state index in [2.05, 4.69) is 6.92 Å². The summed E-state index contributed by atoms with van der Waals surface area (Å²) in [5.74, 6) is 0. The highest BCUT2D eigenvalue weighted by Crippen LogP contribution is 2.48. The predicted molar refractivity (Wildman–Crippen MR) is 113 cm³/mol. The van der Waals surface area contributed by atoms with Gasteiger partial charge in [0.2, 0.25) is 0 Å². The molecule has 29 heavy (non-hydrogen) atoms. The van der Waals surface area contributed by atoms with Crippen LogP contribution in [0.5, 0.6) is 0 Å². The number of allylic oxidation sites excluding steroid dienone is 1. The van der Waals surface area contributed by atoms with E-state index < -0.39 is 6.29 Å². The van der Waals surface area contributed by atoms with Crippen LogP contribution in [0.15, 0.2) is 48.0 Å². The van der Waals surface area contributed by atoms with Crippen molar-refractivity contribution >= 4 is 5.57 Å². The lowest BCUT2D eigenvalue weighted by atomic mass is 9.97. The summed E-state index contributed by atoms with van der Waals surface area (Å²) in [5, 5.41) is 29.6. The number of nitrogens with zero attached hydrogens (tertiary/aromatic N) is 2. The Kier molecular flexibility index (Phi) is 7.19. The average molecular weight is 386 g/mol. The number of aliphatic hydroxyl groups excluding tert-OH is 1. The molecule has 1 aliphatic carbocycles. The smallest absolute Gasteiger partial charge is 0.181 e. The lowest BCUT2D eigenvalue weighted by Gasteiger charge is -2.16. The summed E-state index contributed by atoms with van der Waals surface area (Å²) in [6.07, 6.45) is 5.92. The molecule has 0 bridgehead atoms. The Morgan fingerprint density at radius 2 is 1.55 bits per heavy atom. The molecule has 1 unspecified atom stereocenters. The van der Waals surface area contributed by atoms with E-state index in [1.54, 1.807) is 0 Å². The second kappa shape index (κ2) is 10.0. The Morgan fingerprint density at radius 1 is 0.897 bits per heavy atom. The third-order valence-electron chi connectivity index (χ3n) is 5.35. The molecular weight excluding hydrogens is 360 g/mol. The first kappa shape index (κ1) is 20.8. The number of rotatable bonds is 9. The Hall–Kier alpha value is -2.92. The zero-order valence-electron chi connectivity index (χ0n) is 16.8. The fraction of sp³-hybridized carbons (Fsp3) is 0.360. The van der Waals surface area contributed by atoms with Crippen LogP contribution in [0.2, 0.25) is 0 Å². The molecule has 0 aliphatic heterocycles. The number of fused-ring (bicyclic) bond motifs is 3. The number of nitriles is 2. The second-order valence-electron chi connectivity index (χ2n) is 7.28. The van der Waals surface area contributed by atoms with E-state index in [4.69, 9.17) is 4.74 Å². The molecule has 0 fully saturated rings. The van der Waals surface area contributed by atoms with Crippen molar-refractivity contribution in [2.75, 3.05) is 6.61 Å². The van der Waals surface area contributed by atoms with Crippen LogP contribution in [0, 0.1) is 22.7 Å². The molecule has 1 N–H and O–H groups in total. The molecule has 0 saturated carbocycles. The largest absolute Gasteiger partial charge is 0.364 e. The minimum atomic E-state index is -1.04. The Bertz CT molecular complexity index is 963. The molecule has 3 rings (SSSR count). The summed E-state index contributed by atoms with van der Waals surface area (Å²) in [6, 6.07) is 17.3. The summed E-state index contributed by atoms with van der Waals surface area (Å²) in [6.45, 7) is 2.70. The van der Waals surface area contributed by atoms with Crippen LogP contribution in [-0.2, 0) is 4.74 Å². The van der Waals surface area contributed by atoms with Crippen LogP contribution in [-0.4, -0.2) is 11.7 Å². The van der Waals surface area contributed by atoms with Gasteiger partial charge in [-0.05, 0) is 28.7 Å². The molecule has 0 radical (unpaired) electrons. The predicted octanol–water partition coefficient (Wildman–Crippen LogP) is 5.88. The van der Waals surface area contributed by atoms with Crippen LogP contribution in [0.25, 0.3) is 16.7 Å². The molecule has 0 amide bonds. The van der Waals surface area contributed by atoms with Crippen molar-refractivity contribution in [1.29, 1.82) is 10.5 Å². The third kappa shape index (κ3) is 4.40. The zero-order valence-corrected chi connectivity index (χ0v) is 16.8. The quantitative estimate of drug-likeness (QED) is 0.283. The lowest BCUT2D eigenvalue weighted by Crippen LogP contribution is -2.06. The van der Waals surface area contributed by atoms with Crippen molar-refractivity contribution in [1.82, 2.24) is 0 Å². The van der Waals surface area contributed by atoms with Crippen molar-refractivity contribution in [2.45, 2.75) is 51.7 Å². The van der Waals surface area contributed by atoms with Gasteiger partial charge in [0.15, 0.2) is 6.29 Å². The first-order chi connectivity index (χ1) is 14.2. The van der Waals surface area contributed by atoms with E-state index in [1.807, 2.05) is 54.6 Å².